The van der Waals surface area contributed by atoms with E-state index in [1.54, 1.807) is 13.3 Å². The first kappa shape index (κ1) is 15.2. The highest BCUT2D eigenvalue weighted by molar-refractivity contribution is 7.15. The molecule has 1 saturated heterocycles. The third kappa shape index (κ3) is 3.08. The number of hydrogen-bond acceptors (Lipinski definition) is 5. The van der Waals surface area contributed by atoms with Gasteiger partial charge in [-0.05, 0) is 18.9 Å². The van der Waals surface area contributed by atoms with E-state index in [4.69, 9.17) is 10.5 Å². The van der Waals surface area contributed by atoms with E-state index in [9.17, 15) is 0 Å². The Kier molecular flexibility index (Phi) is 4.31. The Balaban J connectivity index is 1.67. The second-order valence-electron chi connectivity index (χ2n) is 5.61. The lowest BCUT2D eigenvalue weighted by atomic mass is 9.85. The van der Waals surface area contributed by atoms with Crippen LogP contribution in [0.25, 0.3) is 0 Å². The first-order valence-electron chi connectivity index (χ1n) is 7.36. The Morgan fingerprint density at radius 1 is 1.36 bits per heavy atom. The number of halogens is 1. The van der Waals surface area contributed by atoms with Crippen LogP contribution < -0.4 is 10.5 Å². The molecule has 0 spiro atoms. The number of nitrogens with zero attached hydrogens (tertiary/aromatic N) is 2. The second-order valence-corrected chi connectivity index (χ2v) is 6.75. The lowest BCUT2D eigenvalue weighted by molar-refractivity contribution is 0.0509. The summed E-state index contributed by atoms with van der Waals surface area (Å²) in [5.74, 6) is 0.633. The number of para-hydroxylation sites is 1. The van der Waals surface area contributed by atoms with Crippen LogP contribution in [-0.2, 0) is 12.2 Å². The van der Waals surface area contributed by atoms with Crippen molar-refractivity contribution in [2.75, 3.05) is 25.9 Å². The summed E-state index contributed by atoms with van der Waals surface area (Å²) in [6.07, 6.45) is 2.75. The lowest BCUT2D eigenvalue weighted by Crippen LogP contribution is -2.39. The number of aromatic nitrogens is 1. The fraction of sp³-hybridized carbons (Fsp3) is 0.438. The monoisotopic (exact) mass is 321 g/mol. The van der Waals surface area contributed by atoms with Gasteiger partial charge in [-0.15, -0.1) is 11.3 Å². The second kappa shape index (κ2) is 6.22. The zero-order valence-electron chi connectivity index (χ0n) is 12.6. The first-order chi connectivity index (χ1) is 10.6. The lowest BCUT2D eigenvalue weighted by Gasteiger charge is -2.37. The number of anilines is 1. The molecule has 22 heavy (non-hydrogen) atoms. The van der Waals surface area contributed by atoms with Gasteiger partial charge in [0.1, 0.15) is 11.4 Å². The molecule has 0 unspecified atom stereocenters. The molecule has 2 aromatic rings. The third-order valence-electron chi connectivity index (χ3n) is 4.19. The molecule has 0 bridgehead atoms. The molecule has 0 saturated carbocycles. The maximum absolute atomic E-state index is 15.3. The summed E-state index contributed by atoms with van der Waals surface area (Å²) in [5, 5.41) is 0.584. The largest absolute Gasteiger partial charge is 0.496 e. The summed E-state index contributed by atoms with van der Waals surface area (Å²) in [6, 6.07) is 7.39. The molecule has 0 radical (unpaired) electrons. The average molecular weight is 321 g/mol. The third-order valence-corrected chi connectivity index (χ3v) is 5.00. The molecule has 1 aliphatic rings. The molecule has 4 nitrogen and oxygen atoms in total. The minimum Gasteiger partial charge on any atom is -0.496 e. The van der Waals surface area contributed by atoms with Crippen LogP contribution in [0.5, 0.6) is 5.75 Å². The van der Waals surface area contributed by atoms with Gasteiger partial charge in [0, 0.05) is 36.3 Å². The summed E-state index contributed by atoms with van der Waals surface area (Å²) in [4.78, 5) is 7.44. The van der Waals surface area contributed by atoms with Gasteiger partial charge >= 0.3 is 0 Å². The average Bonchev–Trinajstić information content (AvgIpc) is 2.95. The molecule has 0 amide bonds. The zero-order valence-corrected chi connectivity index (χ0v) is 13.4. The van der Waals surface area contributed by atoms with Gasteiger partial charge in [-0.3, -0.25) is 4.90 Å². The van der Waals surface area contributed by atoms with Crippen LogP contribution in [0.1, 0.15) is 23.3 Å². The predicted molar refractivity (Wildman–Crippen MR) is 86.8 cm³/mol. The standard InChI is InChI=1S/C16H20FN3OS/c1-21-14-5-3-2-4-13(14)16(17)6-8-20(9-7-16)11-12-10-19-15(18)22-12/h2-5,10H,6-9,11H2,1H3,(H2,18,19). The van der Waals surface area contributed by atoms with Gasteiger partial charge in [0.15, 0.2) is 5.13 Å². The highest BCUT2D eigenvalue weighted by atomic mass is 32.1. The molecular formula is C16H20FN3OS. The fourth-order valence-electron chi connectivity index (χ4n) is 2.97. The van der Waals surface area contributed by atoms with Gasteiger partial charge in [-0.25, -0.2) is 9.37 Å². The summed E-state index contributed by atoms with van der Waals surface area (Å²) in [7, 11) is 1.59. The number of methoxy groups -OCH3 is 1. The molecule has 6 heteroatoms. The molecule has 1 fully saturated rings. The normalized spacial score (nSPS) is 18.3. The van der Waals surface area contributed by atoms with Gasteiger partial charge in [0.05, 0.1) is 7.11 Å². The Bertz CT molecular complexity index is 638. The Hall–Kier alpha value is -1.66. The van der Waals surface area contributed by atoms with E-state index in [1.807, 2.05) is 24.3 Å². The molecule has 0 aliphatic carbocycles. The van der Waals surface area contributed by atoms with Crippen molar-refractivity contribution in [2.45, 2.75) is 25.1 Å². The fourth-order valence-corrected chi connectivity index (χ4v) is 3.69. The Morgan fingerprint density at radius 2 is 2.09 bits per heavy atom. The highest BCUT2D eigenvalue weighted by Crippen LogP contribution is 2.41. The Morgan fingerprint density at radius 3 is 2.73 bits per heavy atom. The molecule has 118 valence electrons. The molecule has 2 heterocycles. The van der Waals surface area contributed by atoms with Gasteiger partial charge in [0.2, 0.25) is 0 Å². The van der Waals surface area contributed by atoms with Crippen LogP contribution in [0.2, 0.25) is 0 Å². The van der Waals surface area contributed by atoms with Crippen molar-refractivity contribution in [3.63, 3.8) is 0 Å². The van der Waals surface area contributed by atoms with E-state index >= 15 is 4.39 Å². The number of benzene rings is 1. The SMILES string of the molecule is COc1ccccc1C1(F)CCN(Cc2cnc(N)s2)CC1. The van der Waals surface area contributed by atoms with Crippen LogP contribution in [0.4, 0.5) is 9.52 Å². The predicted octanol–water partition coefficient (Wildman–Crippen LogP) is 3.19. The van der Waals surface area contributed by atoms with Gasteiger partial charge in [-0.2, -0.15) is 0 Å². The molecule has 3 rings (SSSR count). The van der Waals surface area contributed by atoms with Gasteiger partial charge in [0.25, 0.3) is 0 Å². The summed E-state index contributed by atoms with van der Waals surface area (Å²) < 4.78 is 20.6. The van der Waals surface area contributed by atoms with Crippen molar-refractivity contribution < 1.29 is 9.13 Å². The minimum absolute atomic E-state index is 0.474. The van der Waals surface area contributed by atoms with Crippen molar-refractivity contribution in [2.24, 2.45) is 0 Å². The zero-order chi connectivity index (χ0) is 15.6. The number of nitrogens with two attached hydrogens (primary N) is 1. The van der Waals surface area contributed by atoms with E-state index in [0.717, 1.165) is 11.4 Å². The summed E-state index contributed by atoms with van der Waals surface area (Å²) in [6.45, 7) is 2.22. The van der Waals surface area contributed by atoms with Crippen LogP contribution in [0.15, 0.2) is 30.5 Å². The van der Waals surface area contributed by atoms with E-state index in [-0.39, 0.29) is 0 Å². The van der Waals surface area contributed by atoms with E-state index in [0.29, 0.717) is 42.4 Å². The topological polar surface area (TPSA) is 51.4 Å². The minimum atomic E-state index is -1.31. The number of alkyl halides is 1. The summed E-state index contributed by atoms with van der Waals surface area (Å²) in [5.41, 5.74) is 5.01. The van der Waals surface area contributed by atoms with Crippen LogP contribution in [-0.4, -0.2) is 30.1 Å². The molecule has 0 atom stereocenters. The van der Waals surface area contributed by atoms with Crippen molar-refractivity contribution in [3.8, 4) is 5.75 Å². The van der Waals surface area contributed by atoms with Gasteiger partial charge in [-0.1, -0.05) is 18.2 Å². The van der Waals surface area contributed by atoms with Crippen molar-refractivity contribution in [3.05, 3.63) is 40.9 Å². The number of thiazole rings is 1. The molecule has 2 N–H and O–H groups in total. The molecular weight excluding hydrogens is 301 g/mol. The molecule has 1 aromatic heterocycles. The maximum Gasteiger partial charge on any atom is 0.180 e. The number of hydrogen-bond donors (Lipinski definition) is 1. The van der Waals surface area contributed by atoms with Crippen LogP contribution in [0.3, 0.4) is 0 Å². The quantitative estimate of drug-likeness (QED) is 0.939. The summed E-state index contributed by atoms with van der Waals surface area (Å²) >= 11 is 1.49. The van der Waals surface area contributed by atoms with E-state index < -0.39 is 5.67 Å². The number of ether oxygens (including phenoxy) is 1. The van der Waals surface area contributed by atoms with Gasteiger partial charge < -0.3 is 10.5 Å². The van der Waals surface area contributed by atoms with Crippen LogP contribution >= 0.6 is 11.3 Å². The molecule has 1 aromatic carbocycles. The first-order valence-corrected chi connectivity index (χ1v) is 8.17. The van der Waals surface area contributed by atoms with Crippen LogP contribution in [0, 0.1) is 0 Å². The van der Waals surface area contributed by atoms with E-state index in [2.05, 4.69) is 9.88 Å². The number of nitrogen functional groups attached to an aromatic ring is 1. The maximum atomic E-state index is 15.3. The van der Waals surface area contributed by atoms with Crippen molar-refractivity contribution in [1.82, 2.24) is 9.88 Å². The smallest absolute Gasteiger partial charge is 0.180 e. The number of likely N-dealkylation sites (tertiary alicyclic amines) is 1. The Labute approximate surface area is 133 Å². The number of piperidine rings is 1. The number of rotatable bonds is 4. The van der Waals surface area contributed by atoms with Crippen molar-refractivity contribution >= 4 is 16.5 Å². The van der Waals surface area contributed by atoms with Crippen molar-refractivity contribution in [1.29, 1.82) is 0 Å². The molecule has 1 aliphatic heterocycles. The highest BCUT2D eigenvalue weighted by Gasteiger charge is 2.38. The van der Waals surface area contributed by atoms with E-state index in [1.165, 1.54) is 11.3 Å².